The Labute approximate surface area is 183 Å². The van der Waals surface area contributed by atoms with Crippen molar-refractivity contribution in [2.24, 2.45) is 0 Å². The number of hydrogen-bond donors (Lipinski definition) is 1. The Kier molecular flexibility index (Phi) is 4.60. The Balaban J connectivity index is 1.69. The highest BCUT2D eigenvalue weighted by atomic mass is 32.1. The van der Waals surface area contributed by atoms with Crippen molar-refractivity contribution in [2.45, 2.75) is 13.8 Å². The molecular formula is C21H14FN5O2S2. The van der Waals surface area contributed by atoms with E-state index in [1.165, 1.54) is 40.9 Å². The minimum absolute atomic E-state index is 0.314. The molecule has 0 atom stereocenters. The smallest absolute Gasteiger partial charge is 0.271 e. The van der Waals surface area contributed by atoms with Crippen molar-refractivity contribution < 1.29 is 14.0 Å². The van der Waals surface area contributed by atoms with E-state index in [-0.39, 0.29) is 5.82 Å². The lowest BCUT2D eigenvalue weighted by molar-refractivity contribution is -0.135. The molecule has 0 saturated carbocycles. The lowest BCUT2D eigenvalue weighted by Gasteiger charge is -2.17. The zero-order valence-electron chi connectivity index (χ0n) is 16.3. The number of hydrazine groups is 1. The fraction of sp³-hybridized carbons (Fsp3) is 0.0952. The molecule has 3 aromatic heterocycles. The van der Waals surface area contributed by atoms with Crippen molar-refractivity contribution >= 4 is 50.5 Å². The third-order valence-electron chi connectivity index (χ3n) is 4.87. The molecule has 2 amide bonds. The van der Waals surface area contributed by atoms with Crippen molar-refractivity contribution in [1.29, 1.82) is 0 Å². The normalized spacial score (nSPS) is 13.9. The van der Waals surface area contributed by atoms with E-state index in [9.17, 15) is 14.0 Å². The van der Waals surface area contributed by atoms with Crippen molar-refractivity contribution in [1.82, 2.24) is 20.0 Å². The molecule has 0 bridgehead atoms. The fourth-order valence-corrected chi connectivity index (χ4v) is 5.07. The average Bonchev–Trinajstić information content (AvgIpc) is 3.45. The van der Waals surface area contributed by atoms with Crippen LogP contribution < -0.4 is 5.43 Å². The number of rotatable bonds is 4. The van der Waals surface area contributed by atoms with Gasteiger partial charge in [-0.05, 0) is 37.1 Å². The predicted octanol–water partition coefficient (Wildman–Crippen LogP) is 4.57. The van der Waals surface area contributed by atoms with Gasteiger partial charge in [-0.15, -0.1) is 22.7 Å². The number of aryl methyl sites for hydroxylation is 1. The Morgan fingerprint density at radius 1 is 1.10 bits per heavy atom. The van der Waals surface area contributed by atoms with Crippen molar-refractivity contribution in [2.75, 3.05) is 5.43 Å². The van der Waals surface area contributed by atoms with Gasteiger partial charge >= 0.3 is 0 Å². The first-order valence-electron chi connectivity index (χ1n) is 9.21. The number of thiazole rings is 1. The molecule has 4 heterocycles. The summed E-state index contributed by atoms with van der Waals surface area (Å²) in [4.78, 5) is 40.4. The van der Waals surface area contributed by atoms with Gasteiger partial charge in [0.25, 0.3) is 11.8 Å². The van der Waals surface area contributed by atoms with Crippen LogP contribution in [0.15, 0.2) is 47.6 Å². The number of nitrogens with one attached hydrogen (secondary N) is 1. The molecule has 154 valence electrons. The molecule has 7 nitrogen and oxygen atoms in total. The van der Waals surface area contributed by atoms with Gasteiger partial charge in [0, 0.05) is 22.7 Å². The minimum atomic E-state index is -0.458. The van der Waals surface area contributed by atoms with Crippen LogP contribution in [0.25, 0.3) is 31.4 Å². The highest BCUT2D eigenvalue weighted by molar-refractivity contribution is 7.22. The first-order chi connectivity index (χ1) is 14.9. The van der Waals surface area contributed by atoms with Gasteiger partial charge in [0.1, 0.15) is 10.6 Å². The molecule has 0 aliphatic carbocycles. The number of carbonyl (C=O) groups excluding carboxylic acids is 2. The Morgan fingerprint density at radius 2 is 1.87 bits per heavy atom. The maximum Gasteiger partial charge on any atom is 0.275 e. The van der Waals surface area contributed by atoms with Gasteiger partial charge < -0.3 is 0 Å². The lowest BCUT2D eigenvalue weighted by atomic mass is 10.1. The Bertz CT molecular complexity index is 1380. The van der Waals surface area contributed by atoms with Crippen LogP contribution >= 0.6 is 22.7 Å². The molecule has 0 spiro atoms. The molecule has 0 unspecified atom stereocenters. The molecule has 0 saturated heterocycles. The van der Waals surface area contributed by atoms with E-state index >= 15 is 0 Å². The second kappa shape index (κ2) is 7.33. The van der Waals surface area contributed by atoms with Crippen molar-refractivity contribution in [3.8, 4) is 21.1 Å². The van der Waals surface area contributed by atoms with Gasteiger partial charge in [0.05, 0.1) is 15.8 Å². The summed E-state index contributed by atoms with van der Waals surface area (Å²) in [5.41, 5.74) is 6.64. The highest BCUT2D eigenvalue weighted by Crippen LogP contribution is 2.41. The molecule has 1 aliphatic heterocycles. The van der Waals surface area contributed by atoms with E-state index in [4.69, 9.17) is 4.98 Å². The number of benzene rings is 1. The van der Waals surface area contributed by atoms with E-state index in [1.54, 1.807) is 30.8 Å². The Morgan fingerprint density at radius 3 is 2.52 bits per heavy atom. The van der Waals surface area contributed by atoms with Crippen LogP contribution in [0.2, 0.25) is 0 Å². The first-order valence-corrected chi connectivity index (χ1v) is 10.9. The molecule has 31 heavy (non-hydrogen) atoms. The van der Waals surface area contributed by atoms with Gasteiger partial charge in [-0.2, -0.15) is 5.01 Å². The van der Waals surface area contributed by atoms with Gasteiger partial charge in [0.2, 0.25) is 0 Å². The monoisotopic (exact) mass is 451 g/mol. The first kappa shape index (κ1) is 19.5. The molecule has 10 heteroatoms. The van der Waals surface area contributed by atoms with Gasteiger partial charge in [-0.3, -0.25) is 20.0 Å². The molecule has 0 radical (unpaired) electrons. The summed E-state index contributed by atoms with van der Waals surface area (Å²) in [6, 6.07) is 6.22. The number of thiophene rings is 1. The number of carbonyl (C=O) groups is 2. The number of fused-ring (bicyclic) bond motifs is 1. The van der Waals surface area contributed by atoms with Gasteiger partial charge in [0.15, 0.2) is 11.6 Å². The molecule has 1 aliphatic rings. The van der Waals surface area contributed by atoms with Crippen LogP contribution in [0.3, 0.4) is 0 Å². The second-order valence-corrected chi connectivity index (χ2v) is 8.81. The zero-order valence-corrected chi connectivity index (χ0v) is 18.0. The average molecular weight is 452 g/mol. The molecule has 4 aromatic rings. The van der Waals surface area contributed by atoms with E-state index in [1.807, 2.05) is 6.92 Å². The second-order valence-electron chi connectivity index (χ2n) is 6.92. The number of imide groups is 1. The number of nitrogens with zero attached hydrogens (tertiary/aromatic N) is 4. The van der Waals surface area contributed by atoms with Crippen LogP contribution in [0, 0.1) is 12.7 Å². The standard InChI is InChI=1S/C21H14FN5O2S2/c1-10-7-15(28)27(21(10)29)26-19-16-11(2)17(12-3-5-13(22)6-4-12)31-20(16)25-18(24-19)14-8-23-9-30-14/h3-9H,1-2H3,(H,24,25,26). The molecule has 0 fully saturated rings. The van der Waals surface area contributed by atoms with E-state index in [2.05, 4.69) is 15.4 Å². The summed E-state index contributed by atoms with van der Waals surface area (Å²) in [5, 5.41) is 1.64. The van der Waals surface area contributed by atoms with Crippen LogP contribution in [0.1, 0.15) is 12.5 Å². The largest absolute Gasteiger partial charge is 0.275 e. The summed E-state index contributed by atoms with van der Waals surface area (Å²) in [6.45, 7) is 3.50. The van der Waals surface area contributed by atoms with Crippen LogP contribution in [-0.2, 0) is 9.59 Å². The predicted molar refractivity (Wildman–Crippen MR) is 118 cm³/mol. The third kappa shape index (κ3) is 3.29. The number of halogens is 1. The summed E-state index contributed by atoms with van der Waals surface area (Å²) in [7, 11) is 0. The van der Waals surface area contributed by atoms with Crippen molar-refractivity contribution in [3.05, 3.63) is 59.0 Å². The lowest BCUT2D eigenvalue weighted by Crippen LogP contribution is -2.36. The van der Waals surface area contributed by atoms with Crippen LogP contribution in [-0.4, -0.2) is 31.8 Å². The Hall–Kier alpha value is -3.50. The number of aromatic nitrogens is 3. The summed E-state index contributed by atoms with van der Waals surface area (Å²) < 4.78 is 13.4. The third-order valence-corrected chi connectivity index (χ3v) is 6.87. The SMILES string of the molecule is CC1=CC(=O)N(Nc2nc(-c3cncs3)nc3sc(-c4ccc(F)cc4)c(C)c23)C1=O. The van der Waals surface area contributed by atoms with E-state index in [0.717, 1.165) is 25.9 Å². The zero-order chi connectivity index (χ0) is 21.7. The quantitative estimate of drug-likeness (QED) is 0.457. The maximum atomic E-state index is 13.4. The van der Waals surface area contributed by atoms with Gasteiger partial charge in [-0.1, -0.05) is 12.1 Å². The summed E-state index contributed by atoms with van der Waals surface area (Å²) in [6.07, 6.45) is 2.94. The molecular weight excluding hydrogens is 437 g/mol. The fourth-order valence-electron chi connectivity index (χ4n) is 3.33. The van der Waals surface area contributed by atoms with E-state index < -0.39 is 11.8 Å². The number of amides is 2. The maximum absolute atomic E-state index is 13.4. The molecule has 1 N–H and O–H groups in total. The topological polar surface area (TPSA) is 88.1 Å². The molecule has 5 rings (SSSR count). The molecule has 1 aromatic carbocycles. The van der Waals surface area contributed by atoms with Crippen LogP contribution in [0.5, 0.6) is 0 Å². The number of anilines is 1. The van der Waals surface area contributed by atoms with Crippen molar-refractivity contribution in [3.63, 3.8) is 0 Å². The van der Waals surface area contributed by atoms with Crippen LogP contribution in [0.4, 0.5) is 10.2 Å². The van der Waals surface area contributed by atoms with Gasteiger partial charge in [-0.25, -0.2) is 14.4 Å². The summed E-state index contributed by atoms with van der Waals surface area (Å²) in [5.74, 6) is -0.414. The summed E-state index contributed by atoms with van der Waals surface area (Å²) >= 11 is 2.83. The number of hydrogen-bond acceptors (Lipinski definition) is 8. The highest BCUT2D eigenvalue weighted by Gasteiger charge is 2.30. The van der Waals surface area contributed by atoms with E-state index in [0.29, 0.717) is 27.4 Å². The minimum Gasteiger partial charge on any atom is -0.271 e.